The van der Waals surface area contributed by atoms with Gasteiger partial charge in [-0.15, -0.1) is 0 Å². The van der Waals surface area contributed by atoms with Gasteiger partial charge in [0.1, 0.15) is 12.9 Å². The van der Waals surface area contributed by atoms with Gasteiger partial charge in [0.2, 0.25) is 0 Å². The second kappa shape index (κ2) is 6.84. The molecule has 0 aliphatic heterocycles. The Morgan fingerprint density at radius 1 is 1.05 bits per heavy atom. The third-order valence-corrected chi connectivity index (χ3v) is 8.30. The Kier molecular flexibility index (Phi) is 5.99. The van der Waals surface area contributed by atoms with Crippen molar-refractivity contribution in [1.29, 1.82) is 0 Å². The monoisotopic (exact) mass is 284 g/mol. The molecule has 0 aromatic heterocycles. The number of hydrogen-bond acceptors (Lipinski definition) is 3. The Morgan fingerprint density at radius 3 is 2.16 bits per heavy atom. The number of ether oxygens (including phenoxy) is 2. The van der Waals surface area contributed by atoms with E-state index in [-0.39, 0.29) is 17.2 Å². The molecule has 2 atom stereocenters. The summed E-state index contributed by atoms with van der Waals surface area (Å²) in [7, 11) is -1.79. The van der Waals surface area contributed by atoms with Gasteiger partial charge in [0.25, 0.3) is 0 Å². The molecule has 1 aliphatic carbocycles. The quantitative estimate of drug-likeness (QED) is 0.421. The Bertz CT molecular complexity index is 329. The van der Waals surface area contributed by atoms with Crippen LogP contribution in [0.2, 0.25) is 18.1 Å². The summed E-state index contributed by atoms with van der Waals surface area (Å²) in [5.74, 6) is 0. The van der Waals surface area contributed by atoms with Gasteiger partial charge in [0.15, 0.2) is 8.32 Å². The van der Waals surface area contributed by atoms with Gasteiger partial charge in [-0.25, -0.2) is 0 Å². The fourth-order valence-electron chi connectivity index (χ4n) is 1.55. The minimum absolute atomic E-state index is 0.00801. The molecule has 0 aromatic rings. The molecule has 1 aliphatic rings. The minimum atomic E-state index is -1.79. The Hall–Kier alpha value is -0.423. The highest BCUT2D eigenvalue weighted by molar-refractivity contribution is 6.74. The Morgan fingerprint density at radius 2 is 1.63 bits per heavy atom. The van der Waals surface area contributed by atoms with Crippen LogP contribution in [0.3, 0.4) is 0 Å². The van der Waals surface area contributed by atoms with E-state index in [1.807, 2.05) is 25.2 Å². The molecular weight excluding hydrogens is 256 g/mol. The zero-order chi connectivity index (χ0) is 14.5. The largest absolute Gasteiger partial charge is 0.408 e. The third kappa shape index (κ3) is 4.88. The fraction of sp³-hybridized carbons (Fsp3) is 0.733. The molecule has 0 unspecified atom stereocenters. The maximum absolute atomic E-state index is 6.41. The van der Waals surface area contributed by atoms with Crippen molar-refractivity contribution in [3.8, 4) is 0 Å². The molecule has 1 rings (SSSR count). The molecule has 4 heteroatoms. The van der Waals surface area contributed by atoms with Crippen LogP contribution in [0.5, 0.6) is 0 Å². The second-order valence-electron chi connectivity index (χ2n) is 6.35. The summed E-state index contributed by atoms with van der Waals surface area (Å²) in [5, 5.41) is 0.201. The minimum Gasteiger partial charge on any atom is -0.408 e. The van der Waals surface area contributed by atoms with Crippen LogP contribution in [0.15, 0.2) is 24.3 Å². The van der Waals surface area contributed by atoms with Crippen molar-refractivity contribution < 1.29 is 13.9 Å². The smallest absolute Gasteiger partial charge is 0.193 e. The lowest BCUT2D eigenvalue weighted by Crippen LogP contribution is -2.47. The van der Waals surface area contributed by atoms with E-state index in [4.69, 9.17) is 13.9 Å². The van der Waals surface area contributed by atoms with Crippen molar-refractivity contribution in [2.24, 2.45) is 0 Å². The van der Waals surface area contributed by atoms with Gasteiger partial charge in [0, 0.05) is 6.61 Å². The summed E-state index contributed by atoms with van der Waals surface area (Å²) in [4.78, 5) is 0. The summed E-state index contributed by atoms with van der Waals surface area (Å²) in [5.41, 5.74) is 0. The molecule has 0 spiro atoms. The molecule has 0 saturated heterocycles. The molecule has 0 fully saturated rings. The second-order valence-corrected chi connectivity index (χ2v) is 11.1. The van der Waals surface area contributed by atoms with Gasteiger partial charge in [-0.3, -0.25) is 0 Å². The maximum atomic E-state index is 6.41. The highest BCUT2D eigenvalue weighted by Crippen LogP contribution is 2.38. The van der Waals surface area contributed by atoms with E-state index in [0.29, 0.717) is 13.4 Å². The molecular formula is C15H28O3Si. The van der Waals surface area contributed by atoms with Crippen LogP contribution >= 0.6 is 0 Å². The first-order chi connectivity index (χ1) is 8.78. The van der Waals surface area contributed by atoms with Gasteiger partial charge >= 0.3 is 0 Å². The van der Waals surface area contributed by atoms with Crippen molar-refractivity contribution >= 4 is 8.32 Å². The van der Waals surface area contributed by atoms with E-state index < -0.39 is 8.32 Å². The van der Waals surface area contributed by atoms with E-state index >= 15 is 0 Å². The molecule has 110 valence electrons. The number of hydrogen-bond donors (Lipinski definition) is 0. The first-order valence-electron chi connectivity index (χ1n) is 7.00. The standard InChI is InChI=1S/C15H28O3Si/c1-7-16-12-17-13-10-8-9-11-14(13)18-19(5,6)15(2,3)4/h8-11,13-14H,7,12H2,1-6H3/t13-,14-/m1/s1. The van der Waals surface area contributed by atoms with Crippen molar-refractivity contribution in [1.82, 2.24) is 0 Å². The van der Waals surface area contributed by atoms with Gasteiger partial charge in [-0.05, 0) is 25.1 Å². The lowest BCUT2D eigenvalue weighted by Gasteiger charge is -2.40. The van der Waals surface area contributed by atoms with Crippen LogP contribution in [-0.2, 0) is 13.9 Å². The summed E-state index contributed by atoms with van der Waals surface area (Å²) in [6.45, 7) is 14.2. The average molecular weight is 284 g/mol. The molecule has 0 saturated carbocycles. The summed E-state index contributed by atoms with van der Waals surface area (Å²) >= 11 is 0. The lowest BCUT2D eigenvalue weighted by molar-refractivity contribution is -0.0940. The fourth-order valence-corrected chi connectivity index (χ4v) is 2.80. The van der Waals surface area contributed by atoms with Crippen molar-refractivity contribution in [3.63, 3.8) is 0 Å². The maximum Gasteiger partial charge on any atom is 0.193 e. The predicted molar refractivity (Wildman–Crippen MR) is 81.7 cm³/mol. The van der Waals surface area contributed by atoms with Crippen LogP contribution in [0.4, 0.5) is 0 Å². The zero-order valence-corrected chi connectivity index (χ0v) is 14.1. The van der Waals surface area contributed by atoms with E-state index in [0.717, 1.165) is 0 Å². The van der Waals surface area contributed by atoms with Gasteiger partial charge in [-0.1, -0.05) is 45.1 Å². The van der Waals surface area contributed by atoms with Crippen LogP contribution in [0.25, 0.3) is 0 Å². The third-order valence-electron chi connectivity index (χ3n) is 3.82. The highest BCUT2D eigenvalue weighted by Gasteiger charge is 2.40. The van der Waals surface area contributed by atoms with Crippen molar-refractivity contribution in [2.45, 2.75) is 58.0 Å². The normalized spacial score (nSPS) is 23.9. The van der Waals surface area contributed by atoms with Gasteiger partial charge < -0.3 is 13.9 Å². The van der Waals surface area contributed by atoms with Crippen molar-refractivity contribution in [3.05, 3.63) is 24.3 Å². The highest BCUT2D eigenvalue weighted by atomic mass is 28.4. The van der Waals surface area contributed by atoms with Crippen LogP contribution < -0.4 is 0 Å². The summed E-state index contributed by atoms with van der Waals surface area (Å²) in [6.07, 6.45) is 8.09. The molecule has 0 radical (unpaired) electrons. The zero-order valence-electron chi connectivity index (χ0n) is 13.1. The predicted octanol–water partition coefficient (Wildman–Crippen LogP) is 3.88. The van der Waals surface area contributed by atoms with Gasteiger partial charge in [-0.2, -0.15) is 0 Å². The van der Waals surface area contributed by atoms with Crippen LogP contribution in [0.1, 0.15) is 27.7 Å². The van der Waals surface area contributed by atoms with E-state index in [1.165, 1.54) is 0 Å². The van der Waals surface area contributed by atoms with E-state index in [2.05, 4.69) is 39.9 Å². The first kappa shape index (κ1) is 16.6. The Labute approximate surface area is 118 Å². The molecule has 3 nitrogen and oxygen atoms in total. The topological polar surface area (TPSA) is 27.7 Å². The molecule has 0 amide bonds. The van der Waals surface area contributed by atoms with E-state index in [9.17, 15) is 0 Å². The Balaban J connectivity index is 2.64. The lowest BCUT2D eigenvalue weighted by atomic mass is 10.1. The molecule has 0 bridgehead atoms. The average Bonchev–Trinajstić information content (AvgIpc) is 2.30. The summed E-state index contributed by atoms with van der Waals surface area (Å²) < 4.78 is 17.4. The molecule has 19 heavy (non-hydrogen) atoms. The molecule has 0 heterocycles. The van der Waals surface area contributed by atoms with Crippen LogP contribution in [-0.4, -0.2) is 33.9 Å². The van der Waals surface area contributed by atoms with Crippen LogP contribution in [0, 0.1) is 0 Å². The molecule has 0 N–H and O–H groups in total. The SMILES string of the molecule is CCOCO[C@@H]1C=CC=C[C@H]1O[Si](C)(C)C(C)(C)C. The van der Waals surface area contributed by atoms with E-state index in [1.54, 1.807) is 0 Å². The molecule has 0 aromatic carbocycles. The number of allylic oxidation sites excluding steroid dienone is 2. The first-order valence-corrected chi connectivity index (χ1v) is 9.91. The van der Waals surface area contributed by atoms with Crippen molar-refractivity contribution in [2.75, 3.05) is 13.4 Å². The number of rotatable bonds is 6. The van der Waals surface area contributed by atoms with Gasteiger partial charge in [0.05, 0.1) is 6.10 Å². The summed E-state index contributed by atoms with van der Waals surface area (Å²) in [6, 6.07) is 0.